The first-order valence-corrected chi connectivity index (χ1v) is 40.1. The van der Waals surface area contributed by atoms with E-state index in [1.165, 1.54) is 9.80 Å². The number of aliphatic carboxylic acids is 2. The fourth-order valence-electron chi connectivity index (χ4n) is 12.7. The molecule has 2 fully saturated rings. The SMILES string of the molecule is CC[C@H](C)[C@H](NC(=O)[C@H](CO)NC(=O)[C@H](CCC(=O)O)NC(=O)[C@H](Cc1ccccc1)NC(=O)[C@H](CCCN=C(N)N)NC(=O)[C@@H](N)C(C)C)C(=O)N[C@@H](CCCN=C(N)N)C(=O)N[C@@H](CC(C)C)C(=O)N1CCC[C@H]1C(=O)NCC(=O)N[C@@H](CS)C(=O)N1CCC[C@H]1C(=O)N[C@@H](CCCN=C(N)N)C(=O)NCC(=O)N[C@H](C(=O)O)C(C)C. The molecule has 0 aromatic heterocycles. The summed E-state index contributed by atoms with van der Waals surface area (Å²) in [6, 6.07) is -9.69. The molecule has 2 saturated heterocycles. The Morgan fingerprint density at radius 1 is 0.483 bits per heavy atom. The second-order valence-electron chi connectivity index (χ2n) is 30.1. The molecule has 0 spiro atoms. The molecule has 0 bridgehead atoms. The van der Waals surface area contributed by atoms with E-state index in [0.29, 0.717) is 18.4 Å². The predicted octanol–water partition coefficient (Wildman–Crippen LogP) is -6.94. The van der Waals surface area contributed by atoms with Gasteiger partial charge in [0.25, 0.3) is 0 Å². The van der Waals surface area contributed by atoms with E-state index < -0.39 is 218 Å². The second-order valence-corrected chi connectivity index (χ2v) is 30.5. The maximum Gasteiger partial charge on any atom is 0.326 e. The van der Waals surface area contributed by atoms with E-state index in [9.17, 15) is 92.0 Å². The summed E-state index contributed by atoms with van der Waals surface area (Å²) >= 11 is 4.30. The van der Waals surface area contributed by atoms with Crippen LogP contribution in [0.25, 0.3) is 0 Å². The number of rotatable bonds is 52. The molecule has 29 N–H and O–H groups in total. The first-order valence-electron chi connectivity index (χ1n) is 39.4. The molecule has 118 heavy (non-hydrogen) atoms. The lowest BCUT2D eigenvalue weighted by molar-refractivity contribution is -0.143. The van der Waals surface area contributed by atoms with Crippen molar-refractivity contribution in [1.82, 2.24) is 73.6 Å². The number of aliphatic imine (C=N–C) groups is 3. The van der Waals surface area contributed by atoms with Gasteiger partial charge in [0.2, 0.25) is 82.7 Å². The average Bonchev–Trinajstić information content (AvgIpc) is 1.60. The summed E-state index contributed by atoms with van der Waals surface area (Å²) in [5.41, 5.74) is 39.7. The van der Waals surface area contributed by atoms with Gasteiger partial charge in [-0.1, -0.05) is 92.1 Å². The summed E-state index contributed by atoms with van der Waals surface area (Å²) in [6.07, 6.45) is -0.224. The fourth-order valence-corrected chi connectivity index (χ4v) is 12.9. The van der Waals surface area contributed by atoms with Crippen LogP contribution in [0.15, 0.2) is 45.3 Å². The molecule has 14 atom stereocenters. The summed E-state index contributed by atoms with van der Waals surface area (Å²) in [4.78, 5) is 234. The molecule has 3 rings (SSSR count). The molecule has 660 valence electrons. The summed E-state index contributed by atoms with van der Waals surface area (Å²) in [7, 11) is 0. The number of amides is 14. The van der Waals surface area contributed by atoms with Crippen molar-refractivity contribution in [1.29, 1.82) is 0 Å². The van der Waals surface area contributed by atoms with E-state index in [0.717, 1.165) is 0 Å². The normalized spacial score (nSPS) is 16.8. The van der Waals surface area contributed by atoms with E-state index in [1.807, 2.05) is 0 Å². The Morgan fingerprint density at radius 2 is 0.915 bits per heavy atom. The number of nitrogens with two attached hydrogens (primary N) is 7. The molecule has 0 unspecified atom stereocenters. The average molecular weight is 1690 g/mol. The molecule has 1 aromatic rings. The minimum absolute atomic E-state index is 0.00348. The molecule has 2 aliphatic rings. The van der Waals surface area contributed by atoms with Crippen LogP contribution in [0.3, 0.4) is 0 Å². The second kappa shape index (κ2) is 51.8. The van der Waals surface area contributed by atoms with E-state index >= 15 is 0 Å². The number of aliphatic hydroxyl groups excluding tert-OH is 1. The number of benzene rings is 1. The summed E-state index contributed by atoms with van der Waals surface area (Å²) in [5, 5.41) is 60.4. The first kappa shape index (κ1) is 101. The van der Waals surface area contributed by atoms with Crippen LogP contribution in [0.1, 0.15) is 151 Å². The van der Waals surface area contributed by atoms with Crippen LogP contribution in [-0.4, -0.2) is 274 Å². The van der Waals surface area contributed by atoms with E-state index in [1.54, 1.807) is 85.7 Å². The number of hydrogen-bond acceptors (Lipinski definition) is 22. The van der Waals surface area contributed by atoms with Gasteiger partial charge in [-0.3, -0.25) is 86.9 Å². The number of aliphatic hydroxyl groups is 1. The molecule has 0 saturated carbocycles. The van der Waals surface area contributed by atoms with Crippen molar-refractivity contribution >= 4 is 125 Å². The molecule has 2 heterocycles. The summed E-state index contributed by atoms with van der Waals surface area (Å²) < 4.78 is 0. The third-order valence-electron chi connectivity index (χ3n) is 19.5. The third-order valence-corrected chi connectivity index (χ3v) is 19.8. The lowest BCUT2D eigenvalue weighted by Crippen LogP contribution is -2.62. The van der Waals surface area contributed by atoms with Crippen molar-refractivity contribution in [2.45, 2.75) is 230 Å². The lowest BCUT2D eigenvalue weighted by Gasteiger charge is -2.31. The minimum atomic E-state index is -1.89. The van der Waals surface area contributed by atoms with Gasteiger partial charge in [-0.05, 0) is 106 Å². The van der Waals surface area contributed by atoms with E-state index in [-0.39, 0.29) is 139 Å². The Labute approximate surface area is 691 Å². The summed E-state index contributed by atoms with van der Waals surface area (Å²) in [5.74, 6) is -17.7. The van der Waals surface area contributed by atoms with Crippen molar-refractivity contribution in [2.24, 2.45) is 78.8 Å². The third kappa shape index (κ3) is 35.3. The Kier molecular flexibility index (Phi) is 44.3. The summed E-state index contributed by atoms with van der Waals surface area (Å²) in [6.45, 7) is 11.0. The highest BCUT2D eigenvalue weighted by molar-refractivity contribution is 7.80. The topological polar surface area (TPSA) is 704 Å². The number of nitrogens with zero attached hydrogens (tertiary/aromatic N) is 5. The maximum absolute atomic E-state index is 14.8. The van der Waals surface area contributed by atoms with Crippen molar-refractivity contribution in [3.63, 3.8) is 0 Å². The van der Waals surface area contributed by atoms with Gasteiger partial charge in [0, 0.05) is 51.3 Å². The molecule has 44 heteroatoms. The number of carboxylic acid groups (broad SMARTS) is 2. The van der Waals surface area contributed by atoms with Crippen LogP contribution < -0.4 is 104 Å². The van der Waals surface area contributed by atoms with Crippen molar-refractivity contribution in [3.8, 4) is 0 Å². The molecule has 0 aliphatic carbocycles. The number of carboxylic acids is 2. The van der Waals surface area contributed by atoms with Gasteiger partial charge in [0.05, 0.1) is 25.7 Å². The van der Waals surface area contributed by atoms with Gasteiger partial charge < -0.3 is 129 Å². The lowest BCUT2D eigenvalue weighted by atomic mass is 9.96. The van der Waals surface area contributed by atoms with Gasteiger partial charge in [-0.25, -0.2) is 4.79 Å². The number of carbonyl (C=O) groups excluding carboxylic acids is 14. The van der Waals surface area contributed by atoms with Crippen LogP contribution >= 0.6 is 12.6 Å². The Bertz CT molecular complexity index is 3670. The number of thiol groups is 1. The van der Waals surface area contributed by atoms with E-state index in [2.05, 4.69) is 91.4 Å². The van der Waals surface area contributed by atoms with Gasteiger partial charge in [-0.15, -0.1) is 0 Å². The number of carbonyl (C=O) groups is 16. The van der Waals surface area contributed by atoms with Gasteiger partial charge in [-0.2, -0.15) is 12.6 Å². The van der Waals surface area contributed by atoms with Crippen LogP contribution in [0, 0.1) is 23.7 Å². The van der Waals surface area contributed by atoms with Crippen LogP contribution in [0.4, 0.5) is 0 Å². The molecule has 2 aliphatic heterocycles. The van der Waals surface area contributed by atoms with Crippen LogP contribution in [0.2, 0.25) is 0 Å². The molecular weight excluding hydrogens is 1560 g/mol. The quantitative estimate of drug-likeness (QED) is 0.0125. The highest BCUT2D eigenvalue weighted by Gasteiger charge is 2.43. The number of likely N-dealkylation sites (tertiary alicyclic amines) is 2. The van der Waals surface area contributed by atoms with Gasteiger partial charge >= 0.3 is 11.9 Å². The smallest absolute Gasteiger partial charge is 0.326 e. The van der Waals surface area contributed by atoms with Gasteiger partial charge in [0.1, 0.15) is 72.5 Å². The zero-order chi connectivity index (χ0) is 88.6. The number of nitrogens with one attached hydrogen (secondary N) is 12. The molecular formula is C74H124N24O19S. The van der Waals surface area contributed by atoms with Crippen molar-refractivity contribution < 1.29 is 92.0 Å². The molecule has 43 nitrogen and oxygen atoms in total. The highest BCUT2D eigenvalue weighted by Crippen LogP contribution is 2.23. The zero-order valence-electron chi connectivity index (χ0n) is 68.3. The Morgan fingerprint density at radius 3 is 1.38 bits per heavy atom. The monoisotopic (exact) mass is 1680 g/mol. The fraction of sp³-hybridized carbons (Fsp3) is 0.662. The molecule has 0 radical (unpaired) electrons. The Hall–Kier alpha value is -11.2. The predicted molar refractivity (Wildman–Crippen MR) is 437 cm³/mol. The largest absolute Gasteiger partial charge is 0.481 e. The highest BCUT2D eigenvalue weighted by atomic mass is 32.1. The zero-order valence-corrected chi connectivity index (χ0v) is 69.2. The standard InChI is InChI=1S/C74H124N24O19S/c1-9-41(8)58(96-64(109)49(36-99)94-62(107)46(25-26-55(102)103)88-63(108)47(33-42-18-11-10-12-19-42)92-60(105)44(21-14-28-83-73(78)79)90-67(112)56(75)39(4)5)68(113)91-45(22-15-29-84-74(80)81)61(106)93-48(32-38(2)3)69(114)97-30-16-23-51(97)65(110)86-34-53(100)87-50(37-118)70(115)98-31-17-24-52(98)66(111)89-43(20-13-27-82-72(76)77)59(104)85-35-54(101)95-57(40(6)7)71(116)117/h10-12,18-19,38-41,43-52,56-58,99,118H,9,13-17,20-37,75H2,1-8H3,(H,85,104)(H,86,110)(H,87,100)(H,88,108)(H,89,111)(H,90,112)(H,91,113)(H,92,105)(H,93,106)(H,94,107)(H,95,101)(H,96,109)(H,102,103)(H,116,117)(H4,76,77,82)(H4,78,79,83)(H4,80,81,84)/t41-,43-,44-,45-,46-,47-,48-,49-,50-,51-,52-,56-,57-,58-/m0/s1. The maximum atomic E-state index is 14.8. The van der Waals surface area contributed by atoms with Crippen molar-refractivity contribution in [2.75, 3.05) is 58.2 Å². The molecule has 1 aromatic carbocycles. The Balaban J connectivity index is 1.84. The van der Waals surface area contributed by atoms with Crippen LogP contribution in [0.5, 0.6) is 0 Å². The first-order chi connectivity index (χ1) is 55.6. The minimum Gasteiger partial charge on any atom is -0.481 e. The molecule has 14 amide bonds. The van der Waals surface area contributed by atoms with Crippen LogP contribution in [-0.2, 0) is 83.1 Å². The number of hydrogen-bond donors (Lipinski definition) is 23. The van der Waals surface area contributed by atoms with Gasteiger partial charge in [0.15, 0.2) is 17.9 Å². The van der Waals surface area contributed by atoms with Crippen molar-refractivity contribution in [3.05, 3.63) is 35.9 Å². The number of guanidine groups is 3. The van der Waals surface area contributed by atoms with E-state index in [4.69, 9.17) is 40.1 Å².